The zero-order valence-electron chi connectivity index (χ0n) is 18.7. The van der Waals surface area contributed by atoms with Gasteiger partial charge in [-0.05, 0) is 63.1 Å². The molecule has 0 fully saturated rings. The fraction of sp³-hybridized carbons (Fsp3) is 0.417. The molecule has 0 radical (unpaired) electrons. The van der Waals surface area contributed by atoms with Crippen molar-refractivity contribution >= 4 is 39.1 Å². The van der Waals surface area contributed by atoms with Crippen LogP contribution in [-0.4, -0.2) is 28.3 Å². The van der Waals surface area contributed by atoms with Crippen molar-refractivity contribution in [2.45, 2.75) is 59.3 Å². The van der Waals surface area contributed by atoms with Crippen molar-refractivity contribution < 1.29 is 9.59 Å². The predicted octanol–water partition coefficient (Wildman–Crippen LogP) is 3.48. The van der Waals surface area contributed by atoms with Crippen molar-refractivity contribution in [1.82, 2.24) is 15.3 Å². The molecule has 1 aromatic carbocycles. The first-order valence-electron chi connectivity index (χ1n) is 11.0. The summed E-state index contributed by atoms with van der Waals surface area (Å²) in [6, 6.07) is 4.02. The molecule has 3 aromatic rings. The third kappa shape index (κ3) is 4.75. The van der Waals surface area contributed by atoms with Crippen LogP contribution in [0.15, 0.2) is 16.9 Å². The average Bonchev–Trinajstić information content (AvgIpc) is 3.12. The van der Waals surface area contributed by atoms with Gasteiger partial charge in [0.1, 0.15) is 10.7 Å². The molecule has 0 saturated carbocycles. The Hall–Kier alpha value is -3.00. The van der Waals surface area contributed by atoms with Gasteiger partial charge in [-0.2, -0.15) is 0 Å². The molecule has 3 N–H and O–H groups in total. The number of H-pyrrole nitrogens is 1. The van der Waals surface area contributed by atoms with Gasteiger partial charge in [0.2, 0.25) is 11.8 Å². The van der Waals surface area contributed by atoms with Crippen LogP contribution in [0.25, 0.3) is 10.2 Å². The number of aromatic amines is 1. The van der Waals surface area contributed by atoms with E-state index in [1.165, 1.54) is 4.88 Å². The number of nitrogens with one attached hydrogen (secondary N) is 3. The van der Waals surface area contributed by atoms with Gasteiger partial charge in [-0.25, -0.2) is 4.98 Å². The number of fused-ring (bicyclic) bond motifs is 3. The Morgan fingerprint density at radius 2 is 1.81 bits per heavy atom. The van der Waals surface area contributed by atoms with Crippen LogP contribution in [0, 0.1) is 20.8 Å². The van der Waals surface area contributed by atoms with Crippen molar-refractivity contribution in [3.8, 4) is 0 Å². The van der Waals surface area contributed by atoms with Gasteiger partial charge in [0, 0.05) is 23.4 Å². The number of carbonyl (C=O) groups is 2. The molecule has 0 aliphatic heterocycles. The van der Waals surface area contributed by atoms with Gasteiger partial charge < -0.3 is 15.6 Å². The SMILES string of the molecule is Cc1cc(C)c(NC(=O)CNC(=O)CCc2nc3sc4c(c3c(=O)[nH]2)CCCC4)c(C)c1. The number of aryl methyl sites for hydroxylation is 6. The number of nitrogens with zero attached hydrogens (tertiary/aromatic N) is 1. The lowest BCUT2D eigenvalue weighted by Crippen LogP contribution is -2.33. The van der Waals surface area contributed by atoms with E-state index >= 15 is 0 Å². The van der Waals surface area contributed by atoms with Gasteiger partial charge in [-0.15, -0.1) is 11.3 Å². The molecule has 1 aliphatic carbocycles. The smallest absolute Gasteiger partial charge is 0.259 e. The normalized spacial score (nSPS) is 13.1. The van der Waals surface area contributed by atoms with Crippen LogP contribution in [0.1, 0.15) is 52.2 Å². The van der Waals surface area contributed by atoms with Crippen molar-refractivity contribution in [3.05, 3.63) is 55.4 Å². The summed E-state index contributed by atoms with van der Waals surface area (Å²) in [5.74, 6) is -0.0251. The summed E-state index contributed by atoms with van der Waals surface area (Å²) in [4.78, 5) is 46.6. The molecule has 0 spiro atoms. The van der Waals surface area contributed by atoms with Crippen molar-refractivity contribution in [2.75, 3.05) is 11.9 Å². The second-order valence-corrected chi connectivity index (χ2v) is 9.59. The summed E-state index contributed by atoms with van der Waals surface area (Å²) in [6.07, 6.45) is 4.67. The Bertz CT molecular complexity index is 1240. The Labute approximate surface area is 190 Å². The minimum atomic E-state index is -0.273. The van der Waals surface area contributed by atoms with E-state index in [0.29, 0.717) is 12.2 Å². The summed E-state index contributed by atoms with van der Waals surface area (Å²) in [5.41, 5.74) is 4.93. The Morgan fingerprint density at radius 3 is 2.56 bits per heavy atom. The van der Waals surface area contributed by atoms with Crippen molar-refractivity contribution in [3.63, 3.8) is 0 Å². The van der Waals surface area contributed by atoms with E-state index in [2.05, 4.69) is 20.6 Å². The fourth-order valence-corrected chi connectivity index (χ4v) is 5.67. The van der Waals surface area contributed by atoms with E-state index in [1.54, 1.807) is 11.3 Å². The third-order valence-corrected chi connectivity index (χ3v) is 7.04. The molecule has 2 heterocycles. The molecular weight excluding hydrogens is 424 g/mol. The number of carbonyl (C=O) groups excluding carboxylic acids is 2. The molecule has 7 nitrogen and oxygen atoms in total. The minimum Gasteiger partial charge on any atom is -0.347 e. The first kappa shape index (κ1) is 22.2. The first-order chi connectivity index (χ1) is 15.3. The van der Waals surface area contributed by atoms with E-state index < -0.39 is 0 Å². The van der Waals surface area contributed by atoms with E-state index in [9.17, 15) is 14.4 Å². The number of amides is 2. The van der Waals surface area contributed by atoms with Gasteiger partial charge >= 0.3 is 0 Å². The van der Waals surface area contributed by atoms with Crippen LogP contribution in [0.2, 0.25) is 0 Å². The molecule has 4 rings (SSSR count). The van der Waals surface area contributed by atoms with Crippen LogP contribution >= 0.6 is 11.3 Å². The minimum absolute atomic E-state index is 0.105. The number of thiophene rings is 1. The molecule has 2 amide bonds. The fourth-order valence-electron chi connectivity index (χ4n) is 4.39. The second kappa shape index (κ2) is 9.24. The maximum atomic E-state index is 12.6. The van der Waals surface area contributed by atoms with Crippen molar-refractivity contribution in [2.24, 2.45) is 0 Å². The second-order valence-electron chi connectivity index (χ2n) is 8.50. The van der Waals surface area contributed by atoms with E-state index in [-0.39, 0.29) is 30.3 Å². The topological polar surface area (TPSA) is 104 Å². The molecule has 2 aromatic heterocycles. The maximum absolute atomic E-state index is 12.6. The van der Waals surface area contributed by atoms with Gasteiger partial charge in [0.15, 0.2) is 0 Å². The maximum Gasteiger partial charge on any atom is 0.259 e. The number of rotatable bonds is 6. The van der Waals surface area contributed by atoms with Crippen LogP contribution < -0.4 is 16.2 Å². The van der Waals surface area contributed by atoms with E-state index in [4.69, 9.17) is 0 Å². The predicted molar refractivity (Wildman–Crippen MR) is 127 cm³/mol. The number of hydrogen-bond acceptors (Lipinski definition) is 5. The molecule has 168 valence electrons. The molecule has 0 unspecified atom stereocenters. The van der Waals surface area contributed by atoms with E-state index in [0.717, 1.165) is 63.8 Å². The Kier molecular flexibility index (Phi) is 6.41. The molecule has 1 aliphatic rings. The van der Waals surface area contributed by atoms with Crippen LogP contribution in [0.4, 0.5) is 5.69 Å². The van der Waals surface area contributed by atoms with Gasteiger partial charge in [-0.1, -0.05) is 17.7 Å². The molecule has 0 atom stereocenters. The van der Waals surface area contributed by atoms with Crippen molar-refractivity contribution in [1.29, 1.82) is 0 Å². The number of anilines is 1. The highest BCUT2D eigenvalue weighted by atomic mass is 32.1. The lowest BCUT2D eigenvalue weighted by Gasteiger charge is -2.13. The molecule has 32 heavy (non-hydrogen) atoms. The number of benzene rings is 1. The molecule has 8 heteroatoms. The molecular formula is C24H28N4O3S. The Morgan fingerprint density at radius 1 is 1.09 bits per heavy atom. The van der Waals surface area contributed by atoms with Crippen LogP contribution in [0.5, 0.6) is 0 Å². The lowest BCUT2D eigenvalue weighted by molar-refractivity contribution is -0.124. The van der Waals surface area contributed by atoms with E-state index in [1.807, 2.05) is 32.9 Å². The number of hydrogen-bond donors (Lipinski definition) is 3. The Balaban J connectivity index is 1.33. The zero-order valence-corrected chi connectivity index (χ0v) is 19.5. The first-order valence-corrected chi connectivity index (χ1v) is 11.8. The van der Waals surface area contributed by atoms with Crippen LogP contribution in [-0.2, 0) is 28.9 Å². The number of aromatic nitrogens is 2. The summed E-state index contributed by atoms with van der Waals surface area (Å²) in [5, 5.41) is 6.24. The summed E-state index contributed by atoms with van der Waals surface area (Å²) in [7, 11) is 0. The monoisotopic (exact) mass is 452 g/mol. The van der Waals surface area contributed by atoms with Gasteiger partial charge in [0.25, 0.3) is 5.56 Å². The average molecular weight is 453 g/mol. The molecule has 0 saturated heterocycles. The lowest BCUT2D eigenvalue weighted by atomic mass is 9.97. The summed E-state index contributed by atoms with van der Waals surface area (Å²) < 4.78 is 0. The molecule has 0 bridgehead atoms. The highest BCUT2D eigenvalue weighted by Crippen LogP contribution is 2.33. The third-order valence-electron chi connectivity index (χ3n) is 5.85. The standard InChI is InChI=1S/C24H28N4O3S/c1-13-10-14(2)22(15(3)11-13)28-20(30)12-25-19(29)9-8-18-26-23(31)21-16-6-4-5-7-17(16)32-24(21)27-18/h10-11H,4-9,12H2,1-3H3,(H,25,29)(H,28,30)(H,26,27,31). The summed E-state index contributed by atoms with van der Waals surface area (Å²) >= 11 is 1.60. The quantitative estimate of drug-likeness (QED) is 0.533. The van der Waals surface area contributed by atoms with Gasteiger partial charge in [-0.3, -0.25) is 14.4 Å². The summed E-state index contributed by atoms with van der Waals surface area (Å²) in [6.45, 7) is 5.80. The highest BCUT2D eigenvalue weighted by molar-refractivity contribution is 7.18. The highest BCUT2D eigenvalue weighted by Gasteiger charge is 2.20. The zero-order chi connectivity index (χ0) is 22.8. The van der Waals surface area contributed by atoms with Crippen LogP contribution in [0.3, 0.4) is 0 Å². The van der Waals surface area contributed by atoms with Gasteiger partial charge in [0.05, 0.1) is 11.9 Å². The largest absolute Gasteiger partial charge is 0.347 e.